The number of carbonyl (C=O) groups is 3. The van der Waals surface area contributed by atoms with Gasteiger partial charge in [0, 0.05) is 30.1 Å². The van der Waals surface area contributed by atoms with E-state index in [2.05, 4.69) is 10.3 Å². The van der Waals surface area contributed by atoms with E-state index >= 15 is 0 Å². The number of nitrogens with one attached hydrogen (secondary N) is 1. The van der Waals surface area contributed by atoms with Crippen LogP contribution < -0.4 is 10.1 Å². The summed E-state index contributed by atoms with van der Waals surface area (Å²) in [5.41, 5.74) is -1.50. The molecule has 2 N–H and O–H groups in total. The Morgan fingerprint density at radius 3 is 2.36 bits per heavy atom. The normalized spacial score (nSPS) is 18.2. The van der Waals surface area contributed by atoms with Crippen molar-refractivity contribution in [2.75, 3.05) is 26.0 Å². The van der Waals surface area contributed by atoms with E-state index in [-0.39, 0.29) is 24.2 Å². The Morgan fingerprint density at radius 1 is 1.12 bits per heavy atom. The van der Waals surface area contributed by atoms with Gasteiger partial charge in [0.2, 0.25) is 11.8 Å². The molecule has 2 aromatic heterocycles. The van der Waals surface area contributed by atoms with Crippen molar-refractivity contribution in [2.24, 2.45) is 0 Å². The number of rotatable bonds is 7. The van der Waals surface area contributed by atoms with E-state index in [0.717, 1.165) is 0 Å². The lowest BCUT2D eigenvalue weighted by atomic mass is 9.67. The molecule has 0 saturated heterocycles. The zero-order chi connectivity index (χ0) is 33.4. The third kappa shape index (κ3) is 6.38. The molecule has 1 fully saturated rings. The molecule has 3 aromatic rings. The van der Waals surface area contributed by atoms with Gasteiger partial charge in [0.1, 0.15) is 23.2 Å². The van der Waals surface area contributed by atoms with Crippen molar-refractivity contribution in [3.8, 4) is 5.75 Å². The molecule has 0 unspecified atom stereocenters. The van der Waals surface area contributed by atoms with Gasteiger partial charge in [-0.3, -0.25) is 14.2 Å². The maximum absolute atomic E-state index is 14.3. The molecular formula is C30H36F2N4O6. The number of carbonyl (C=O) groups excluding carboxylic acids is 3. The van der Waals surface area contributed by atoms with Crippen LogP contribution in [0.2, 0.25) is 0 Å². The molecule has 1 atom stereocenters. The van der Waals surface area contributed by atoms with Crippen LogP contribution in [-0.2, 0) is 19.7 Å². The second kappa shape index (κ2) is 11.7. The molecule has 0 bridgehead atoms. The molecular weight excluding hydrogens is 550 g/mol. The first-order chi connectivity index (χ1) is 20.9. The summed E-state index contributed by atoms with van der Waals surface area (Å²) in [6, 6.07) is 8.52. The molecule has 1 aliphatic carbocycles. The Bertz CT molecular complexity index is 1560. The van der Waals surface area contributed by atoms with E-state index in [1.54, 1.807) is 20.8 Å². The lowest BCUT2D eigenvalue weighted by Gasteiger charge is -2.42. The lowest BCUT2D eigenvalue weighted by molar-refractivity contribution is -0.147. The number of aromatic nitrogens is 2. The third-order valence-corrected chi connectivity index (χ3v) is 7.28. The fourth-order valence-corrected chi connectivity index (χ4v) is 5.00. The molecule has 0 aliphatic heterocycles. The highest BCUT2D eigenvalue weighted by atomic mass is 19.3. The van der Waals surface area contributed by atoms with Gasteiger partial charge in [-0.25, -0.2) is 18.6 Å². The minimum absolute atomic E-state index is 0.0481. The van der Waals surface area contributed by atoms with Gasteiger partial charge in [-0.2, -0.15) is 0 Å². The maximum atomic E-state index is 14.3. The standard InChI is InChI=1S/C30H36F2N4O6/c1-28(2,3)42-27(40)36-17-12-21-22(36)10-11-24(33-21)34-25(38)23(18-37)35(4)26(39)29(13-15-30(31,32)16-14-29)19-6-8-20(41-5)9-7-19/h6-12,17,23,37H,13-16,18H2,1-5H3,(H,33,34,38)/t23-/m1/s1/i4D3. The number of likely N-dealkylation sites (N-methyl/N-ethyl adjacent to an activating group) is 1. The van der Waals surface area contributed by atoms with Crippen molar-refractivity contribution in [1.82, 2.24) is 14.5 Å². The highest BCUT2D eigenvalue weighted by molar-refractivity contribution is 5.99. The van der Waals surface area contributed by atoms with E-state index in [9.17, 15) is 28.3 Å². The average Bonchev–Trinajstić information content (AvgIpc) is 3.38. The zero-order valence-electron chi connectivity index (χ0n) is 26.8. The number of benzene rings is 1. The molecule has 0 radical (unpaired) electrons. The van der Waals surface area contributed by atoms with Crippen LogP contribution >= 0.6 is 0 Å². The van der Waals surface area contributed by atoms with Crippen LogP contribution in [0.5, 0.6) is 5.75 Å². The van der Waals surface area contributed by atoms with E-state index in [1.165, 1.54) is 60.3 Å². The number of anilines is 1. The fraction of sp³-hybridized carbons (Fsp3) is 0.467. The first-order valence-corrected chi connectivity index (χ1v) is 13.4. The number of aliphatic hydroxyl groups excluding tert-OH is 1. The predicted octanol–water partition coefficient (Wildman–Crippen LogP) is 4.73. The quantitative estimate of drug-likeness (QED) is 0.408. The largest absolute Gasteiger partial charge is 0.497 e. The van der Waals surface area contributed by atoms with Gasteiger partial charge < -0.3 is 24.8 Å². The lowest BCUT2D eigenvalue weighted by Crippen LogP contribution is -2.55. The van der Waals surface area contributed by atoms with Crippen molar-refractivity contribution in [3.05, 3.63) is 54.2 Å². The molecule has 0 spiro atoms. The van der Waals surface area contributed by atoms with E-state index in [0.29, 0.717) is 21.7 Å². The van der Waals surface area contributed by atoms with Gasteiger partial charge in [0.05, 0.1) is 30.2 Å². The first-order valence-electron chi connectivity index (χ1n) is 14.9. The molecule has 4 rings (SSSR count). The minimum Gasteiger partial charge on any atom is -0.497 e. The molecule has 12 heteroatoms. The summed E-state index contributed by atoms with van der Waals surface area (Å²) >= 11 is 0. The minimum atomic E-state index is -3.23. The average molecular weight is 590 g/mol. The van der Waals surface area contributed by atoms with Crippen molar-refractivity contribution in [1.29, 1.82) is 0 Å². The number of methoxy groups -OCH3 is 1. The van der Waals surface area contributed by atoms with Gasteiger partial charge in [-0.05, 0) is 69.5 Å². The summed E-state index contributed by atoms with van der Waals surface area (Å²) in [5, 5.41) is 12.7. The van der Waals surface area contributed by atoms with Crippen molar-refractivity contribution in [2.45, 2.75) is 69.4 Å². The highest BCUT2D eigenvalue weighted by Gasteiger charge is 2.51. The van der Waals surface area contributed by atoms with E-state index < -0.39 is 67.3 Å². The maximum Gasteiger partial charge on any atom is 0.419 e. The van der Waals surface area contributed by atoms with Crippen LogP contribution in [-0.4, -0.2) is 75.7 Å². The second-order valence-corrected chi connectivity index (χ2v) is 11.3. The second-order valence-electron chi connectivity index (χ2n) is 11.3. The molecule has 10 nitrogen and oxygen atoms in total. The van der Waals surface area contributed by atoms with Crippen molar-refractivity contribution in [3.63, 3.8) is 0 Å². The summed E-state index contributed by atoms with van der Waals surface area (Å²) in [7, 11) is 1.43. The molecule has 1 aromatic carbocycles. The van der Waals surface area contributed by atoms with Crippen LogP contribution in [0.3, 0.4) is 0 Å². The van der Waals surface area contributed by atoms with Gasteiger partial charge in [0.15, 0.2) is 0 Å². The first kappa shape index (κ1) is 26.8. The van der Waals surface area contributed by atoms with Gasteiger partial charge in [-0.1, -0.05) is 12.1 Å². The molecule has 42 heavy (non-hydrogen) atoms. The number of pyridine rings is 1. The smallest absolute Gasteiger partial charge is 0.419 e. The summed E-state index contributed by atoms with van der Waals surface area (Å²) in [6.45, 7) is 0.840. The van der Waals surface area contributed by atoms with Crippen molar-refractivity contribution >= 4 is 34.8 Å². The van der Waals surface area contributed by atoms with E-state index in [4.69, 9.17) is 13.6 Å². The van der Waals surface area contributed by atoms with Gasteiger partial charge >= 0.3 is 6.09 Å². The number of hydrogen-bond donors (Lipinski definition) is 2. The molecule has 2 amide bonds. The molecule has 2 heterocycles. The number of nitrogens with zero attached hydrogens (tertiary/aromatic N) is 3. The zero-order valence-corrected chi connectivity index (χ0v) is 23.8. The van der Waals surface area contributed by atoms with Gasteiger partial charge in [-0.15, -0.1) is 0 Å². The molecule has 226 valence electrons. The number of hydrogen-bond acceptors (Lipinski definition) is 7. The Hall–Kier alpha value is -4.06. The Labute approximate surface area is 246 Å². The number of halogens is 2. The van der Waals surface area contributed by atoms with Gasteiger partial charge in [0.25, 0.3) is 5.91 Å². The van der Waals surface area contributed by atoms with E-state index in [1.807, 2.05) is 0 Å². The van der Waals surface area contributed by atoms with Crippen LogP contribution in [0.15, 0.2) is 48.7 Å². The number of aliphatic hydroxyl groups is 1. The summed E-state index contributed by atoms with van der Waals surface area (Å²) in [6.07, 6.45) is -1.33. The topological polar surface area (TPSA) is 123 Å². The van der Waals surface area contributed by atoms with Crippen LogP contribution in [0, 0.1) is 0 Å². The Balaban J connectivity index is 1.66. The number of alkyl halides is 2. The van der Waals surface area contributed by atoms with Crippen LogP contribution in [0.4, 0.5) is 19.4 Å². The Morgan fingerprint density at radius 2 is 1.79 bits per heavy atom. The number of fused-ring (bicyclic) bond motifs is 1. The summed E-state index contributed by atoms with van der Waals surface area (Å²) in [5.74, 6) is -4.81. The van der Waals surface area contributed by atoms with Crippen molar-refractivity contribution < 1.29 is 41.9 Å². The SMILES string of the molecule is [2H]C([2H])([2H])N(C(=O)C1(c2ccc(OC)cc2)CCC(F)(F)CC1)[C@H](CO)C(=O)Nc1ccc2c(ccn2C(=O)OC(C)(C)C)n1. The highest BCUT2D eigenvalue weighted by Crippen LogP contribution is 2.47. The van der Waals surface area contributed by atoms with Crippen LogP contribution in [0.25, 0.3) is 11.0 Å². The molecule has 1 saturated carbocycles. The number of ether oxygens (including phenoxy) is 2. The Kier molecular flexibility index (Phi) is 7.45. The summed E-state index contributed by atoms with van der Waals surface area (Å²) in [4.78, 5) is 44.9. The molecule has 1 aliphatic rings. The van der Waals surface area contributed by atoms with Crippen LogP contribution in [0.1, 0.15) is 56.1 Å². The third-order valence-electron chi connectivity index (χ3n) is 7.28. The fourth-order valence-electron chi connectivity index (χ4n) is 5.00. The summed E-state index contributed by atoms with van der Waals surface area (Å²) < 4.78 is 64.9. The monoisotopic (exact) mass is 589 g/mol. The number of amides is 2. The predicted molar refractivity (Wildman–Crippen MR) is 152 cm³/mol.